The molecule has 1 aliphatic heterocycles. The number of hydrogen-bond donors (Lipinski definition) is 2. The molecule has 2 N–H and O–H groups in total. The van der Waals surface area contributed by atoms with E-state index in [1.54, 1.807) is 14.2 Å². The molecule has 3 aromatic carbocycles. The summed E-state index contributed by atoms with van der Waals surface area (Å²) in [7, 11) is 3.16. The van der Waals surface area contributed by atoms with Crippen LogP contribution >= 0.6 is 0 Å². The molecule has 4 aromatic rings. The number of rotatable bonds is 10. The Hall–Kier alpha value is -4.58. The minimum atomic E-state index is -1.95. The van der Waals surface area contributed by atoms with E-state index in [2.05, 4.69) is 10.3 Å². The molecule has 224 valence electrons. The van der Waals surface area contributed by atoms with Crippen LogP contribution in [-0.2, 0) is 19.9 Å². The van der Waals surface area contributed by atoms with Crippen molar-refractivity contribution in [1.29, 1.82) is 0 Å². The second-order valence-electron chi connectivity index (χ2n) is 10.00. The lowest BCUT2D eigenvalue weighted by atomic mass is 9.80. The van der Waals surface area contributed by atoms with Crippen molar-refractivity contribution >= 4 is 11.7 Å². The molecule has 43 heavy (non-hydrogen) atoms. The number of carbonyl (C=O) groups excluding carboxylic acids is 1. The Morgan fingerprint density at radius 2 is 1.51 bits per heavy atom. The van der Waals surface area contributed by atoms with Gasteiger partial charge >= 0.3 is 5.69 Å². The molecule has 1 fully saturated rings. The summed E-state index contributed by atoms with van der Waals surface area (Å²) in [5.74, 6) is 0.922. The molecule has 0 spiro atoms. The molecule has 1 amide bonds. The smallest absolute Gasteiger partial charge is 0.351 e. The molecular weight excluding hydrogens is 557 g/mol. The number of amides is 1. The summed E-state index contributed by atoms with van der Waals surface area (Å²) in [5, 5.41) is 13.3. The van der Waals surface area contributed by atoms with Gasteiger partial charge in [-0.25, -0.2) is 9.18 Å². The normalized spacial score (nSPS) is 20.0. The third-order valence-corrected chi connectivity index (χ3v) is 7.34. The second kappa shape index (κ2) is 12.7. The van der Waals surface area contributed by atoms with Gasteiger partial charge in [-0.3, -0.25) is 9.36 Å². The highest BCUT2D eigenvalue weighted by Gasteiger charge is 2.47. The van der Waals surface area contributed by atoms with E-state index in [0.717, 1.165) is 21.3 Å². The van der Waals surface area contributed by atoms with Gasteiger partial charge in [-0.1, -0.05) is 54.6 Å². The van der Waals surface area contributed by atoms with Gasteiger partial charge < -0.3 is 29.4 Å². The number of anilines is 1. The fourth-order valence-electron chi connectivity index (χ4n) is 5.20. The molecule has 1 saturated heterocycles. The molecule has 4 atom stereocenters. The van der Waals surface area contributed by atoms with Gasteiger partial charge in [0.2, 0.25) is 5.91 Å². The maximum absolute atomic E-state index is 15.4. The number of aliphatic hydroxyl groups is 1. The molecule has 10 nitrogen and oxygen atoms in total. The Balaban J connectivity index is 1.51. The van der Waals surface area contributed by atoms with Crippen LogP contribution in [0.2, 0.25) is 0 Å². The van der Waals surface area contributed by atoms with Gasteiger partial charge in [0.15, 0.2) is 12.4 Å². The SMILES string of the molecule is COc1ccc(C(OCC2OC(n3ccc(NC(C)=O)nc3=O)C(F)C2O)(c2ccccc2)c2ccc(OC)cc2)cc1. The average Bonchev–Trinajstić information content (AvgIpc) is 3.31. The summed E-state index contributed by atoms with van der Waals surface area (Å²) in [6.07, 6.45) is -4.89. The minimum absolute atomic E-state index is 0.0224. The fraction of sp³-hybridized carbons (Fsp3) is 0.281. The number of aromatic nitrogens is 2. The molecule has 4 unspecified atom stereocenters. The van der Waals surface area contributed by atoms with Crippen LogP contribution < -0.4 is 20.5 Å². The zero-order valence-electron chi connectivity index (χ0n) is 23.8. The summed E-state index contributed by atoms with van der Waals surface area (Å²) in [4.78, 5) is 27.8. The molecule has 2 heterocycles. The highest BCUT2D eigenvalue weighted by molar-refractivity contribution is 5.87. The number of methoxy groups -OCH3 is 2. The van der Waals surface area contributed by atoms with Crippen LogP contribution in [0.15, 0.2) is 95.9 Å². The van der Waals surface area contributed by atoms with E-state index >= 15 is 4.39 Å². The van der Waals surface area contributed by atoms with E-state index in [0.29, 0.717) is 11.5 Å². The van der Waals surface area contributed by atoms with E-state index in [1.165, 1.54) is 19.2 Å². The van der Waals surface area contributed by atoms with Gasteiger partial charge in [0.05, 0.1) is 20.8 Å². The predicted molar refractivity (Wildman–Crippen MR) is 156 cm³/mol. The van der Waals surface area contributed by atoms with Crippen LogP contribution in [0.5, 0.6) is 11.5 Å². The van der Waals surface area contributed by atoms with E-state index < -0.39 is 41.8 Å². The summed E-state index contributed by atoms with van der Waals surface area (Å²) in [5.41, 5.74) is 0.215. The van der Waals surface area contributed by atoms with Crippen molar-refractivity contribution in [2.24, 2.45) is 0 Å². The third kappa shape index (κ3) is 6.00. The summed E-state index contributed by atoms with van der Waals surface area (Å²) < 4.78 is 39.8. The zero-order chi connectivity index (χ0) is 30.6. The third-order valence-electron chi connectivity index (χ3n) is 7.34. The fourth-order valence-corrected chi connectivity index (χ4v) is 5.20. The first-order valence-electron chi connectivity index (χ1n) is 13.6. The molecule has 0 radical (unpaired) electrons. The quantitative estimate of drug-likeness (QED) is 0.268. The molecule has 11 heteroatoms. The van der Waals surface area contributed by atoms with Crippen molar-refractivity contribution in [2.45, 2.75) is 37.1 Å². The number of nitrogens with one attached hydrogen (secondary N) is 1. The van der Waals surface area contributed by atoms with Gasteiger partial charge in [-0.15, -0.1) is 0 Å². The Kier molecular flexibility index (Phi) is 8.86. The lowest BCUT2D eigenvalue weighted by Gasteiger charge is -2.37. The zero-order valence-corrected chi connectivity index (χ0v) is 23.8. The van der Waals surface area contributed by atoms with Crippen LogP contribution in [0, 0.1) is 0 Å². The Labute approximate surface area is 247 Å². The lowest BCUT2D eigenvalue weighted by Crippen LogP contribution is -2.39. The van der Waals surface area contributed by atoms with Crippen LogP contribution in [0.1, 0.15) is 29.8 Å². The molecule has 1 aromatic heterocycles. The Morgan fingerprint density at radius 1 is 0.953 bits per heavy atom. The van der Waals surface area contributed by atoms with Crippen LogP contribution in [0.4, 0.5) is 10.2 Å². The molecule has 0 aliphatic carbocycles. The maximum Gasteiger partial charge on any atom is 0.351 e. The minimum Gasteiger partial charge on any atom is -0.497 e. The topological polar surface area (TPSA) is 121 Å². The maximum atomic E-state index is 15.4. The van der Waals surface area contributed by atoms with Crippen molar-refractivity contribution in [3.63, 3.8) is 0 Å². The summed E-state index contributed by atoms with van der Waals surface area (Å²) in [6.45, 7) is 1.04. The molecular formula is C32H32FN3O7. The van der Waals surface area contributed by atoms with E-state index in [1.807, 2.05) is 78.9 Å². The first-order chi connectivity index (χ1) is 20.8. The van der Waals surface area contributed by atoms with Crippen molar-refractivity contribution in [3.8, 4) is 11.5 Å². The highest BCUT2D eigenvalue weighted by Crippen LogP contribution is 2.43. The monoisotopic (exact) mass is 589 g/mol. The number of nitrogens with zero attached hydrogens (tertiary/aromatic N) is 2. The predicted octanol–water partition coefficient (Wildman–Crippen LogP) is 3.82. The number of ether oxygens (including phenoxy) is 4. The molecule has 0 bridgehead atoms. The van der Waals surface area contributed by atoms with Gasteiger partial charge in [0.25, 0.3) is 0 Å². The lowest BCUT2D eigenvalue weighted by molar-refractivity contribution is -0.114. The first kappa shape index (κ1) is 29.9. The van der Waals surface area contributed by atoms with Gasteiger partial charge in [-0.05, 0) is 47.0 Å². The largest absolute Gasteiger partial charge is 0.497 e. The molecule has 1 aliphatic rings. The first-order valence-corrected chi connectivity index (χ1v) is 13.6. The van der Waals surface area contributed by atoms with Crippen molar-refractivity contribution in [3.05, 3.63) is 118 Å². The van der Waals surface area contributed by atoms with Crippen LogP contribution in [0.25, 0.3) is 0 Å². The number of halogens is 1. The van der Waals surface area contributed by atoms with E-state index in [9.17, 15) is 14.7 Å². The Morgan fingerprint density at radius 3 is 2.02 bits per heavy atom. The number of aliphatic hydroxyl groups excluding tert-OH is 1. The van der Waals surface area contributed by atoms with Crippen molar-refractivity contribution in [2.75, 3.05) is 26.1 Å². The molecule has 5 rings (SSSR count). The standard InChI is InChI=1S/C32H32FN3O7/c1-20(37)34-27-17-18-36(31(39)35-27)30-28(33)29(38)26(43-30)19-42-32(21-7-5-4-6-8-21,22-9-13-24(40-2)14-10-22)23-11-15-25(41-3)16-12-23/h4-18,26,28-30,38H,19H2,1-3H3,(H,34,35,37,39). The van der Waals surface area contributed by atoms with Crippen LogP contribution in [-0.4, -0.2) is 59.8 Å². The van der Waals surface area contributed by atoms with Crippen molar-refractivity contribution < 1.29 is 33.2 Å². The summed E-state index contributed by atoms with van der Waals surface area (Å²) in [6, 6.07) is 25.6. The number of alkyl halides is 1. The molecule has 0 saturated carbocycles. The highest BCUT2D eigenvalue weighted by atomic mass is 19.1. The average molecular weight is 590 g/mol. The second-order valence-corrected chi connectivity index (χ2v) is 10.00. The van der Waals surface area contributed by atoms with Gasteiger partial charge in [-0.2, -0.15) is 4.98 Å². The number of carbonyl (C=O) groups is 1. The number of benzene rings is 3. The number of hydrogen-bond acceptors (Lipinski definition) is 8. The van der Waals surface area contributed by atoms with E-state index in [-0.39, 0.29) is 12.4 Å². The Bertz CT molecular complexity index is 1550. The van der Waals surface area contributed by atoms with Gasteiger partial charge in [0.1, 0.15) is 35.1 Å². The van der Waals surface area contributed by atoms with E-state index in [4.69, 9.17) is 18.9 Å². The summed E-state index contributed by atoms with van der Waals surface area (Å²) >= 11 is 0. The van der Waals surface area contributed by atoms with Gasteiger partial charge in [0, 0.05) is 13.1 Å². The van der Waals surface area contributed by atoms with Crippen molar-refractivity contribution in [1.82, 2.24) is 9.55 Å². The van der Waals surface area contributed by atoms with Crippen LogP contribution in [0.3, 0.4) is 0 Å².